The van der Waals surface area contributed by atoms with E-state index >= 15 is 0 Å². The van der Waals surface area contributed by atoms with Crippen molar-refractivity contribution in [2.75, 3.05) is 7.11 Å². The second kappa shape index (κ2) is 4.25. The van der Waals surface area contributed by atoms with Crippen molar-refractivity contribution in [1.29, 1.82) is 0 Å². The molecule has 1 aromatic heterocycles. The minimum absolute atomic E-state index is 0.291. The summed E-state index contributed by atoms with van der Waals surface area (Å²) >= 11 is 4.93. The summed E-state index contributed by atoms with van der Waals surface area (Å²) in [6, 6.07) is 1.98. The minimum atomic E-state index is -0.291. The van der Waals surface area contributed by atoms with E-state index in [2.05, 4.69) is 15.9 Å². The summed E-state index contributed by atoms with van der Waals surface area (Å²) < 4.78 is 6.06. The molecule has 0 saturated heterocycles. The number of rotatable bonds is 3. The Morgan fingerprint density at radius 2 is 2.42 bits per heavy atom. The molecular formula is C8H11BrO2S. The molecule has 0 radical (unpaired) electrons. The maximum Gasteiger partial charge on any atom is 0.188 e. The molecule has 1 rings (SSSR count). The number of hydrogen-bond donors (Lipinski definition) is 1. The molecule has 0 amide bonds. The predicted molar refractivity (Wildman–Crippen MR) is 54.0 cm³/mol. The highest BCUT2D eigenvalue weighted by molar-refractivity contribution is 9.10. The second-order valence-electron chi connectivity index (χ2n) is 2.61. The number of methoxy groups -OCH3 is 1. The molecule has 1 aromatic rings. The summed E-state index contributed by atoms with van der Waals surface area (Å²) in [6.07, 6.45) is 0.396. The van der Waals surface area contributed by atoms with Gasteiger partial charge >= 0.3 is 0 Å². The van der Waals surface area contributed by atoms with E-state index in [-0.39, 0.29) is 6.10 Å². The lowest BCUT2D eigenvalue weighted by molar-refractivity contribution is 0.196. The van der Waals surface area contributed by atoms with E-state index in [9.17, 15) is 0 Å². The first kappa shape index (κ1) is 10.0. The quantitative estimate of drug-likeness (QED) is 0.894. The van der Waals surface area contributed by atoms with E-state index < -0.39 is 0 Å². The van der Waals surface area contributed by atoms with Crippen molar-refractivity contribution in [2.45, 2.75) is 19.4 Å². The normalized spacial score (nSPS) is 13.0. The Labute approximate surface area is 84.3 Å². The molecule has 12 heavy (non-hydrogen) atoms. The Hall–Kier alpha value is -0.0600. The SMILES string of the molecule is COc1sc(C[C@@H](C)O)cc1Br. The Balaban J connectivity index is 2.75. The molecule has 0 saturated carbocycles. The van der Waals surface area contributed by atoms with Crippen molar-refractivity contribution in [3.05, 3.63) is 15.4 Å². The lowest BCUT2D eigenvalue weighted by Crippen LogP contribution is -2.01. The minimum Gasteiger partial charge on any atom is -0.486 e. The van der Waals surface area contributed by atoms with Gasteiger partial charge in [-0.1, -0.05) is 0 Å². The fraction of sp³-hybridized carbons (Fsp3) is 0.500. The van der Waals surface area contributed by atoms with Gasteiger partial charge in [0.15, 0.2) is 5.06 Å². The highest BCUT2D eigenvalue weighted by atomic mass is 79.9. The van der Waals surface area contributed by atoms with Crippen LogP contribution in [0.25, 0.3) is 0 Å². The lowest BCUT2D eigenvalue weighted by Gasteiger charge is -1.98. The lowest BCUT2D eigenvalue weighted by atomic mass is 10.2. The summed E-state index contributed by atoms with van der Waals surface area (Å²) in [5, 5.41) is 10.00. The van der Waals surface area contributed by atoms with Crippen molar-refractivity contribution < 1.29 is 9.84 Å². The van der Waals surface area contributed by atoms with E-state index in [1.807, 2.05) is 6.07 Å². The first-order valence-corrected chi connectivity index (χ1v) is 5.24. The van der Waals surface area contributed by atoms with Crippen LogP contribution in [0.4, 0.5) is 0 Å². The van der Waals surface area contributed by atoms with E-state index in [0.29, 0.717) is 6.42 Å². The van der Waals surface area contributed by atoms with Crippen molar-refractivity contribution in [1.82, 2.24) is 0 Å². The van der Waals surface area contributed by atoms with Gasteiger partial charge in [0.25, 0.3) is 0 Å². The third kappa shape index (κ3) is 2.47. The number of aliphatic hydroxyl groups excluding tert-OH is 1. The Morgan fingerprint density at radius 3 is 2.83 bits per heavy atom. The Kier molecular flexibility index (Phi) is 3.55. The van der Waals surface area contributed by atoms with Gasteiger partial charge in [-0.25, -0.2) is 0 Å². The first-order chi connectivity index (χ1) is 5.63. The Bertz CT molecular complexity index is 258. The Morgan fingerprint density at radius 1 is 1.75 bits per heavy atom. The molecule has 1 N–H and O–H groups in total. The summed E-state index contributed by atoms with van der Waals surface area (Å²) in [5.41, 5.74) is 0. The molecule has 0 aliphatic carbocycles. The van der Waals surface area contributed by atoms with Gasteiger partial charge in [0.2, 0.25) is 0 Å². The van der Waals surface area contributed by atoms with Gasteiger partial charge in [-0.15, -0.1) is 11.3 Å². The van der Waals surface area contributed by atoms with Gasteiger partial charge in [0, 0.05) is 11.3 Å². The third-order valence-electron chi connectivity index (χ3n) is 1.39. The van der Waals surface area contributed by atoms with Gasteiger partial charge in [0.1, 0.15) is 0 Å². The maximum atomic E-state index is 9.13. The highest BCUT2D eigenvalue weighted by Crippen LogP contribution is 2.35. The third-order valence-corrected chi connectivity index (χ3v) is 3.36. The predicted octanol–water partition coefficient (Wildman–Crippen LogP) is 2.44. The van der Waals surface area contributed by atoms with Crippen LogP contribution in [0.2, 0.25) is 0 Å². The molecule has 0 aliphatic heterocycles. The van der Waals surface area contributed by atoms with Crippen LogP contribution in [-0.2, 0) is 6.42 Å². The van der Waals surface area contributed by atoms with Gasteiger partial charge < -0.3 is 9.84 Å². The molecule has 0 spiro atoms. The van der Waals surface area contributed by atoms with Crippen LogP contribution in [0, 0.1) is 0 Å². The monoisotopic (exact) mass is 250 g/mol. The zero-order chi connectivity index (χ0) is 9.14. The summed E-state index contributed by atoms with van der Waals surface area (Å²) in [6.45, 7) is 1.78. The smallest absolute Gasteiger partial charge is 0.188 e. The summed E-state index contributed by atoms with van der Waals surface area (Å²) in [4.78, 5) is 1.13. The van der Waals surface area contributed by atoms with Crippen molar-refractivity contribution in [3.63, 3.8) is 0 Å². The fourth-order valence-corrected chi connectivity index (χ4v) is 2.74. The molecule has 68 valence electrons. The summed E-state index contributed by atoms with van der Waals surface area (Å²) in [5.74, 6) is 0. The highest BCUT2D eigenvalue weighted by Gasteiger charge is 2.08. The second-order valence-corrected chi connectivity index (χ2v) is 4.56. The van der Waals surface area contributed by atoms with E-state index in [4.69, 9.17) is 9.84 Å². The van der Waals surface area contributed by atoms with E-state index in [1.165, 1.54) is 0 Å². The van der Waals surface area contributed by atoms with Crippen LogP contribution in [0.15, 0.2) is 10.5 Å². The van der Waals surface area contributed by atoms with E-state index in [0.717, 1.165) is 14.4 Å². The zero-order valence-corrected chi connectivity index (χ0v) is 9.41. The van der Waals surface area contributed by atoms with E-state index in [1.54, 1.807) is 25.4 Å². The van der Waals surface area contributed by atoms with Crippen LogP contribution in [0.5, 0.6) is 5.06 Å². The van der Waals surface area contributed by atoms with Gasteiger partial charge in [0.05, 0.1) is 17.7 Å². The number of halogens is 1. The van der Waals surface area contributed by atoms with Gasteiger partial charge in [-0.05, 0) is 28.9 Å². The summed E-state index contributed by atoms with van der Waals surface area (Å²) in [7, 11) is 1.64. The van der Waals surface area contributed by atoms with Crippen LogP contribution in [0.1, 0.15) is 11.8 Å². The van der Waals surface area contributed by atoms with Gasteiger partial charge in [-0.2, -0.15) is 0 Å². The van der Waals surface area contributed by atoms with Crippen molar-refractivity contribution >= 4 is 27.3 Å². The first-order valence-electron chi connectivity index (χ1n) is 3.63. The van der Waals surface area contributed by atoms with Crippen LogP contribution >= 0.6 is 27.3 Å². The van der Waals surface area contributed by atoms with Gasteiger partial charge in [-0.3, -0.25) is 0 Å². The molecule has 4 heteroatoms. The topological polar surface area (TPSA) is 29.5 Å². The number of hydrogen-bond acceptors (Lipinski definition) is 3. The molecule has 0 aromatic carbocycles. The molecule has 1 heterocycles. The van der Waals surface area contributed by atoms with Crippen LogP contribution < -0.4 is 4.74 Å². The van der Waals surface area contributed by atoms with Crippen LogP contribution in [0.3, 0.4) is 0 Å². The zero-order valence-electron chi connectivity index (χ0n) is 7.00. The molecule has 0 aliphatic rings. The average molecular weight is 251 g/mol. The number of thiophene rings is 1. The molecule has 2 nitrogen and oxygen atoms in total. The molecular weight excluding hydrogens is 240 g/mol. The van der Waals surface area contributed by atoms with Crippen molar-refractivity contribution in [3.8, 4) is 5.06 Å². The molecule has 0 bridgehead atoms. The molecule has 0 unspecified atom stereocenters. The largest absolute Gasteiger partial charge is 0.486 e. The number of ether oxygens (including phenoxy) is 1. The molecule has 1 atom stereocenters. The average Bonchev–Trinajstić information content (AvgIpc) is 2.29. The molecule has 0 fully saturated rings. The van der Waals surface area contributed by atoms with Crippen LogP contribution in [-0.4, -0.2) is 18.3 Å². The maximum absolute atomic E-state index is 9.13. The van der Waals surface area contributed by atoms with Crippen molar-refractivity contribution in [2.24, 2.45) is 0 Å². The number of aliphatic hydroxyl groups is 1. The fourth-order valence-electron chi connectivity index (χ4n) is 0.928. The standard InChI is InChI=1S/C8H11BrO2S/c1-5(10)3-6-4-7(9)8(11-2)12-6/h4-5,10H,3H2,1-2H3/t5-/m1/s1.